The highest BCUT2D eigenvalue weighted by molar-refractivity contribution is 7.99. The van der Waals surface area contributed by atoms with Crippen molar-refractivity contribution in [3.05, 3.63) is 52.1 Å². The maximum absolute atomic E-state index is 12.4. The number of anilines is 1. The molecule has 1 aliphatic rings. The predicted molar refractivity (Wildman–Crippen MR) is 95.0 cm³/mol. The molecule has 1 aliphatic heterocycles. The molecule has 2 heterocycles. The Morgan fingerprint density at radius 1 is 1.30 bits per heavy atom. The van der Waals surface area contributed by atoms with Crippen molar-refractivity contribution in [1.29, 1.82) is 0 Å². The molecule has 4 nitrogen and oxygen atoms in total. The lowest BCUT2D eigenvalue weighted by molar-refractivity contribution is 0.102. The molecule has 1 unspecified atom stereocenters. The van der Waals surface area contributed by atoms with Gasteiger partial charge in [0, 0.05) is 28.6 Å². The van der Waals surface area contributed by atoms with Crippen LogP contribution in [0.4, 0.5) is 5.69 Å². The first kappa shape index (κ1) is 16.4. The molecular weight excluding hydrogens is 355 g/mol. The smallest absolute Gasteiger partial charge is 0.255 e. The van der Waals surface area contributed by atoms with Crippen LogP contribution in [-0.4, -0.2) is 28.5 Å². The Bertz CT molecular complexity index is 721. The van der Waals surface area contributed by atoms with Gasteiger partial charge in [-0.3, -0.25) is 4.79 Å². The third-order valence-electron chi connectivity index (χ3n) is 3.35. The number of aromatic nitrogens is 1. The van der Waals surface area contributed by atoms with Crippen LogP contribution in [0.2, 0.25) is 10.0 Å². The molecule has 0 bridgehead atoms. The highest BCUT2D eigenvalue weighted by Crippen LogP contribution is 2.26. The minimum atomic E-state index is -0.276. The van der Waals surface area contributed by atoms with Crippen molar-refractivity contribution in [1.82, 2.24) is 4.98 Å². The van der Waals surface area contributed by atoms with E-state index in [9.17, 15) is 4.79 Å². The summed E-state index contributed by atoms with van der Waals surface area (Å²) >= 11 is 13.8. The van der Waals surface area contributed by atoms with Gasteiger partial charge in [-0.1, -0.05) is 23.2 Å². The van der Waals surface area contributed by atoms with E-state index in [0.717, 1.165) is 17.9 Å². The molecule has 1 atom stereocenters. The van der Waals surface area contributed by atoms with Crippen LogP contribution in [-0.2, 0) is 0 Å². The quantitative estimate of drug-likeness (QED) is 0.861. The summed E-state index contributed by atoms with van der Waals surface area (Å²) in [6.45, 7) is 0. The summed E-state index contributed by atoms with van der Waals surface area (Å²) in [7, 11) is 0. The minimum Gasteiger partial charge on any atom is -0.473 e. The van der Waals surface area contributed by atoms with Gasteiger partial charge in [0.05, 0.1) is 10.7 Å². The van der Waals surface area contributed by atoms with Gasteiger partial charge in [0.15, 0.2) is 0 Å². The minimum absolute atomic E-state index is 0.163. The molecule has 0 saturated carbocycles. The number of halogens is 2. The number of pyridine rings is 1. The Balaban J connectivity index is 1.71. The largest absolute Gasteiger partial charge is 0.473 e. The second kappa shape index (κ2) is 7.43. The highest BCUT2D eigenvalue weighted by Gasteiger charge is 2.18. The number of hydrogen-bond acceptors (Lipinski definition) is 4. The van der Waals surface area contributed by atoms with Crippen molar-refractivity contribution in [2.45, 2.75) is 12.5 Å². The molecule has 23 heavy (non-hydrogen) atoms. The van der Waals surface area contributed by atoms with E-state index in [4.69, 9.17) is 27.9 Å². The monoisotopic (exact) mass is 368 g/mol. The zero-order valence-corrected chi connectivity index (χ0v) is 14.4. The van der Waals surface area contributed by atoms with Gasteiger partial charge < -0.3 is 10.1 Å². The Morgan fingerprint density at radius 3 is 2.91 bits per heavy atom. The summed E-state index contributed by atoms with van der Waals surface area (Å²) < 4.78 is 5.80. The van der Waals surface area contributed by atoms with Gasteiger partial charge in [0.25, 0.3) is 5.91 Å². The summed E-state index contributed by atoms with van der Waals surface area (Å²) in [6.07, 6.45) is 2.73. The molecule has 1 amide bonds. The summed E-state index contributed by atoms with van der Waals surface area (Å²) in [5.41, 5.74) is 0.971. The summed E-state index contributed by atoms with van der Waals surface area (Å²) in [4.78, 5) is 16.5. The summed E-state index contributed by atoms with van der Waals surface area (Å²) in [6, 6.07) is 8.19. The van der Waals surface area contributed by atoms with E-state index >= 15 is 0 Å². The molecule has 0 aliphatic carbocycles. The number of nitrogens with zero attached hydrogens (tertiary/aromatic N) is 1. The van der Waals surface area contributed by atoms with Crippen molar-refractivity contribution in [2.24, 2.45) is 0 Å². The summed E-state index contributed by atoms with van der Waals surface area (Å²) in [5, 5.41) is 3.66. The zero-order valence-electron chi connectivity index (χ0n) is 12.1. The highest BCUT2D eigenvalue weighted by atomic mass is 35.5. The van der Waals surface area contributed by atoms with E-state index in [-0.39, 0.29) is 12.0 Å². The van der Waals surface area contributed by atoms with E-state index < -0.39 is 0 Å². The van der Waals surface area contributed by atoms with Crippen molar-refractivity contribution < 1.29 is 9.53 Å². The molecule has 1 aromatic heterocycles. The van der Waals surface area contributed by atoms with Crippen molar-refractivity contribution in [2.75, 3.05) is 16.8 Å². The number of nitrogens with one attached hydrogen (secondary N) is 1. The molecule has 0 spiro atoms. The van der Waals surface area contributed by atoms with Crippen LogP contribution in [0.15, 0.2) is 36.5 Å². The first-order valence-electron chi connectivity index (χ1n) is 7.08. The van der Waals surface area contributed by atoms with Crippen LogP contribution >= 0.6 is 35.0 Å². The number of carbonyl (C=O) groups is 1. The lowest BCUT2D eigenvalue weighted by Gasteiger charge is -2.12. The van der Waals surface area contributed by atoms with E-state index in [1.54, 1.807) is 36.5 Å². The fourth-order valence-corrected chi connectivity index (χ4v) is 3.73. The Kier molecular flexibility index (Phi) is 5.30. The maximum atomic E-state index is 12.4. The first-order chi connectivity index (χ1) is 11.1. The van der Waals surface area contributed by atoms with Crippen LogP contribution < -0.4 is 10.1 Å². The molecular formula is C16H14Cl2N2O2S. The SMILES string of the molecule is O=C(Nc1ccc(Cl)cc1Cl)c1ccnc(OC2CCSC2)c1. The number of benzene rings is 1. The third-order valence-corrected chi connectivity index (χ3v) is 5.03. The van der Waals surface area contributed by atoms with Crippen LogP contribution in [0.5, 0.6) is 5.88 Å². The lowest BCUT2D eigenvalue weighted by atomic mass is 10.2. The van der Waals surface area contributed by atoms with Crippen LogP contribution in [0.3, 0.4) is 0 Å². The van der Waals surface area contributed by atoms with Crippen molar-refractivity contribution in [3.8, 4) is 5.88 Å². The molecule has 1 aromatic carbocycles. The predicted octanol–water partition coefficient (Wildman–Crippen LogP) is 4.53. The van der Waals surface area contributed by atoms with Gasteiger partial charge in [-0.05, 0) is 36.4 Å². The number of thioether (sulfide) groups is 1. The van der Waals surface area contributed by atoms with Crippen LogP contribution in [0.25, 0.3) is 0 Å². The molecule has 0 radical (unpaired) electrons. The lowest BCUT2D eigenvalue weighted by Crippen LogP contribution is -2.17. The van der Waals surface area contributed by atoms with E-state index in [0.29, 0.717) is 27.2 Å². The van der Waals surface area contributed by atoms with Gasteiger partial charge in [-0.25, -0.2) is 4.98 Å². The van der Waals surface area contributed by atoms with Gasteiger partial charge in [-0.15, -0.1) is 0 Å². The van der Waals surface area contributed by atoms with Gasteiger partial charge in [0.2, 0.25) is 5.88 Å². The number of rotatable bonds is 4. The Labute approximate surface area is 148 Å². The van der Waals surface area contributed by atoms with Gasteiger partial charge in [-0.2, -0.15) is 11.8 Å². The van der Waals surface area contributed by atoms with Gasteiger partial charge in [0.1, 0.15) is 6.10 Å². The van der Waals surface area contributed by atoms with Crippen molar-refractivity contribution >= 4 is 46.6 Å². The van der Waals surface area contributed by atoms with E-state index in [1.165, 1.54) is 0 Å². The topological polar surface area (TPSA) is 51.2 Å². The number of carbonyl (C=O) groups excluding carboxylic acids is 1. The molecule has 2 aromatic rings. The average molecular weight is 369 g/mol. The standard InChI is InChI=1S/C16H14Cl2N2O2S/c17-11-1-2-14(13(18)8-11)20-16(21)10-3-5-19-15(7-10)22-12-4-6-23-9-12/h1-3,5,7-8,12H,4,6,9H2,(H,20,21). The normalized spacial score (nSPS) is 17.0. The molecule has 1 saturated heterocycles. The molecule has 1 N–H and O–H groups in total. The number of hydrogen-bond donors (Lipinski definition) is 1. The second-order valence-corrected chi connectivity index (χ2v) is 7.06. The molecule has 3 rings (SSSR count). The third kappa shape index (κ3) is 4.31. The average Bonchev–Trinajstić information content (AvgIpc) is 3.03. The Morgan fingerprint density at radius 2 is 2.17 bits per heavy atom. The summed E-state index contributed by atoms with van der Waals surface area (Å²) in [5.74, 6) is 2.24. The first-order valence-corrected chi connectivity index (χ1v) is 9.00. The fraction of sp³-hybridized carbons (Fsp3) is 0.250. The second-order valence-electron chi connectivity index (χ2n) is 5.06. The molecule has 7 heteroatoms. The van der Waals surface area contributed by atoms with E-state index in [2.05, 4.69) is 10.3 Å². The number of amides is 1. The zero-order chi connectivity index (χ0) is 16.2. The van der Waals surface area contributed by atoms with Crippen LogP contribution in [0.1, 0.15) is 16.8 Å². The molecule has 1 fully saturated rings. The van der Waals surface area contributed by atoms with E-state index in [1.807, 2.05) is 11.8 Å². The maximum Gasteiger partial charge on any atom is 0.255 e. The number of ether oxygens (including phenoxy) is 1. The fourth-order valence-electron chi connectivity index (χ4n) is 2.18. The van der Waals surface area contributed by atoms with Crippen LogP contribution in [0, 0.1) is 0 Å². The van der Waals surface area contributed by atoms with Crippen molar-refractivity contribution in [3.63, 3.8) is 0 Å². The molecule has 120 valence electrons. The Hall–Kier alpha value is -1.43. The van der Waals surface area contributed by atoms with Gasteiger partial charge >= 0.3 is 0 Å².